The van der Waals surface area contributed by atoms with Crippen LogP contribution in [0.5, 0.6) is 0 Å². The Hall–Kier alpha value is -2.04. The van der Waals surface area contributed by atoms with Crippen LogP contribution in [0, 0.1) is 5.82 Å². The van der Waals surface area contributed by atoms with Crippen molar-refractivity contribution in [3.8, 4) is 0 Å². The minimum absolute atomic E-state index is 0.110. The van der Waals surface area contributed by atoms with Crippen molar-refractivity contribution in [2.24, 2.45) is 5.14 Å². The molecule has 0 atom stereocenters. The van der Waals surface area contributed by atoms with Gasteiger partial charge in [0, 0.05) is 12.4 Å². The molecule has 0 unspecified atom stereocenters. The first kappa shape index (κ1) is 15.4. The molecular formula is C11H10FN3O4S2. The maximum atomic E-state index is 13.6. The molecule has 0 aliphatic heterocycles. The Morgan fingerprint density at radius 1 is 1.14 bits per heavy atom. The third-order valence-corrected chi connectivity index (χ3v) is 4.75. The van der Waals surface area contributed by atoms with E-state index in [9.17, 15) is 21.2 Å². The Bertz CT molecular complexity index is 868. The molecule has 3 N–H and O–H groups in total. The highest BCUT2D eigenvalue weighted by molar-refractivity contribution is 7.92. The molecule has 112 valence electrons. The van der Waals surface area contributed by atoms with Gasteiger partial charge in [-0.25, -0.2) is 26.4 Å². The highest BCUT2D eigenvalue weighted by Crippen LogP contribution is 2.20. The van der Waals surface area contributed by atoms with Gasteiger partial charge in [-0.2, -0.15) is 0 Å². The second kappa shape index (κ2) is 5.39. The van der Waals surface area contributed by atoms with Crippen LogP contribution in [0.3, 0.4) is 0 Å². The van der Waals surface area contributed by atoms with Gasteiger partial charge in [0.2, 0.25) is 10.0 Å². The molecule has 0 aliphatic carbocycles. The van der Waals surface area contributed by atoms with Gasteiger partial charge in [-0.15, -0.1) is 0 Å². The SMILES string of the molecule is NS(=O)(=O)c1ccc(NS(=O)(=O)c2cccnc2)cc1F. The molecule has 2 rings (SSSR count). The van der Waals surface area contributed by atoms with E-state index >= 15 is 0 Å². The average molecular weight is 331 g/mol. The first-order valence-electron chi connectivity index (χ1n) is 5.45. The van der Waals surface area contributed by atoms with Crippen molar-refractivity contribution in [2.45, 2.75) is 9.79 Å². The highest BCUT2D eigenvalue weighted by Gasteiger charge is 2.18. The minimum atomic E-state index is -4.21. The van der Waals surface area contributed by atoms with Gasteiger partial charge in [-0.3, -0.25) is 9.71 Å². The van der Waals surface area contributed by atoms with Crippen LogP contribution in [0.1, 0.15) is 0 Å². The summed E-state index contributed by atoms with van der Waals surface area (Å²) in [6, 6.07) is 5.44. The van der Waals surface area contributed by atoms with Crippen molar-refractivity contribution < 1.29 is 21.2 Å². The van der Waals surface area contributed by atoms with Crippen LogP contribution in [0.2, 0.25) is 0 Å². The summed E-state index contributed by atoms with van der Waals surface area (Å²) in [4.78, 5) is 2.84. The van der Waals surface area contributed by atoms with Gasteiger partial charge >= 0.3 is 0 Å². The lowest BCUT2D eigenvalue weighted by Gasteiger charge is -2.08. The second-order valence-electron chi connectivity index (χ2n) is 3.98. The van der Waals surface area contributed by atoms with Crippen molar-refractivity contribution >= 4 is 25.7 Å². The van der Waals surface area contributed by atoms with E-state index in [1.807, 2.05) is 0 Å². The van der Waals surface area contributed by atoms with E-state index in [0.717, 1.165) is 24.4 Å². The lowest BCUT2D eigenvalue weighted by Crippen LogP contribution is -2.16. The number of hydrogen-bond donors (Lipinski definition) is 2. The molecule has 1 aromatic heterocycles. The van der Waals surface area contributed by atoms with Gasteiger partial charge < -0.3 is 0 Å². The van der Waals surface area contributed by atoms with Crippen LogP contribution in [0.15, 0.2) is 52.5 Å². The zero-order valence-electron chi connectivity index (χ0n) is 10.4. The molecule has 0 saturated heterocycles. The number of anilines is 1. The summed E-state index contributed by atoms with van der Waals surface area (Å²) in [5.74, 6) is -1.15. The van der Waals surface area contributed by atoms with Gasteiger partial charge in [0.25, 0.3) is 10.0 Å². The predicted molar refractivity (Wildman–Crippen MR) is 72.8 cm³/mol. The summed E-state index contributed by atoms with van der Waals surface area (Å²) < 4.78 is 61.8. The summed E-state index contributed by atoms with van der Waals surface area (Å²) in [5.41, 5.74) is -0.135. The molecule has 1 aromatic carbocycles. The molecule has 21 heavy (non-hydrogen) atoms. The largest absolute Gasteiger partial charge is 0.279 e. The topological polar surface area (TPSA) is 119 Å². The molecule has 0 amide bonds. The number of rotatable bonds is 4. The summed E-state index contributed by atoms with van der Waals surface area (Å²) in [7, 11) is -8.15. The molecule has 1 heterocycles. The Morgan fingerprint density at radius 3 is 2.38 bits per heavy atom. The van der Waals surface area contributed by atoms with Gasteiger partial charge in [0.1, 0.15) is 15.6 Å². The van der Waals surface area contributed by atoms with Crippen molar-refractivity contribution in [1.29, 1.82) is 0 Å². The molecule has 7 nitrogen and oxygen atoms in total. The number of nitrogens with one attached hydrogen (secondary N) is 1. The normalized spacial score (nSPS) is 12.1. The third-order valence-electron chi connectivity index (χ3n) is 2.44. The zero-order chi connectivity index (χ0) is 15.7. The molecule has 0 spiro atoms. The summed E-state index contributed by atoms with van der Waals surface area (Å²) in [5, 5.41) is 4.81. The summed E-state index contributed by atoms with van der Waals surface area (Å²) in [6.07, 6.45) is 2.52. The first-order valence-corrected chi connectivity index (χ1v) is 8.48. The van der Waals surface area contributed by atoms with Crippen molar-refractivity contribution in [2.75, 3.05) is 4.72 Å². The van der Waals surface area contributed by atoms with E-state index in [1.54, 1.807) is 0 Å². The third kappa shape index (κ3) is 3.54. The fourth-order valence-electron chi connectivity index (χ4n) is 1.52. The van der Waals surface area contributed by atoms with Crippen molar-refractivity contribution in [1.82, 2.24) is 4.98 Å². The zero-order valence-corrected chi connectivity index (χ0v) is 12.0. The van der Waals surface area contributed by atoms with E-state index in [4.69, 9.17) is 5.14 Å². The fourth-order valence-corrected chi connectivity index (χ4v) is 3.12. The van der Waals surface area contributed by atoms with E-state index in [0.29, 0.717) is 0 Å². The summed E-state index contributed by atoms with van der Waals surface area (Å²) >= 11 is 0. The average Bonchev–Trinajstić information content (AvgIpc) is 2.37. The van der Waals surface area contributed by atoms with Crippen molar-refractivity contribution in [3.63, 3.8) is 0 Å². The fraction of sp³-hybridized carbons (Fsp3) is 0. The Labute approximate surface area is 120 Å². The quantitative estimate of drug-likeness (QED) is 0.853. The number of pyridine rings is 1. The van der Waals surface area contributed by atoms with Gasteiger partial charge in [0.05, 0.1) is 5.69 Å². The van der Waals surface area contributed by atoms with E-state index in [-0.39, 0.29) is 10.6 Å². The number of nitrogens with two attached hydrogens (primary N) is 1. The maximum Gasteiger partial charge on any atom is 0.263 e. The maximum absolute atomic E-state index is 13.6. The Kier molecular flexibility index (Phi) is 3.94. The number of primary sulfonamides is 1. The molecular weight excluding hydrogens is 321 g/mol. The molecule has 10 heteroatoms. The monoisotopic (exact) mass is 331 g/mol. The number of benzene rings is 1. The molecule has 0 aliphatic rings. The smallest absolute Gasteiger partial charge is 0.263 e. The number of hydrogen-bond acceptors (Lipinski definition) is 5. The lowest BCUT2D eigenvalue weighted by molar-refractivity contribution is 0.568. The first-order chi connectivity index (χ1) is 9.70. The number of sulfonamides is 2. The molecule has 0 radical (unpaired) electrons. The van der Waals surface area contributed by atoms with Crippen LogP contribution in [0.25, 0.3) is 0 Å². The Morgan fingerprint density at radius 2 is 1.86 bits per heavy atom. The summed E-state index contributed by atoms with van der Waals surface area (Å²) in [6.45, 7) is 0. The molecule has 2 aromatic rings. The molecule has 0 fully saturated rings. The van der Waals surface area contributed by atoms with Gasteiger partial charge in [-0.05, 0) is 30.3 Å². The standard InChI is InChI=1S/C11H10FN3O4S2/c12-10-6-8(3-4-11(10)20(13,16)17)15-21(18,19)9-2-1-5-14-7-9/h1-7,15H,(H2,13,16,17). The van der Waals surface area contributed by atoms with Crippen LogP contribution >= 0.6 is 0 Å². The minimum Gasteiger partial charge on any atom is -0.279 e. The van der Waals surface area contributed by atoms with Crippen molar-refractivity contribution in [3.05, 3.63) is 48.5 Å². The van der Waals surface area contributed by atoms with E-state index in [1.165, 1.54) is 18.3 Å². The van der Waals surface area contributed by atoms with Crippen LogP contribution < -0.4 is 9.86 Å². The number of halogens is 1. The molecule has 0 bridgehead atoms. The Balaban J connectivity index is 2.36. The number of aromatic nitrogens is 1. The van der Waals surface area contributed by atoms with Gasteiger partial charge in [0.15, 0.2) is 0 Å². The van der Waals surface area contributed by atoms with Crippen LogP contribution in [-0.2, 0) is 20.0 Å². The molecule has 0 saturated carbocycles. The lowest BCUT2D eigenvalue weighted by atomic mass is 10.3. The van der Waals surface area contributed by atoms with E-state index < -0.39 is 30.8 Å². The van der Waals surface area contributed by atoms with Crippen LogP contribution in [-0.4, -0.2) is 21.8 Å². The van der Waals surface area contributed by atoms with E-state index in [2.05, 4.69) is 9.71 Å². The van der Waals surface area contributed by atoms with Gasteiger partial charge in [-0.1, -0.05) is 0 Å². The number of nitrogens with zero attached hydrogens (tertiary/aromatic N) is 1. The second-order valence-corrected chi connectivity index (χ2v) is 7.20. The highest BCUT2D eigenvalue weighted by atomic mass is 32.2. The van der Waals surface area contributed by atoms with Crippen LogP contribution in [0.4, 0.5) is 10.1 Å². The predicted octanol–water partition coefficient (Wildman–Crippen LogP) is 0.669.